The fourth-order valence-corrected chi connectivity index (χ4v) is 12.0. The molecule has 0 unspecified atom stereocenters. The lowest BCUT2D eigenvalue weighted by atomic mass is 9.92. The first-order valence-corrected chi connectivity index (χ1v) is 29.8. The van der Waals surface area contributed by atoms with Gasteiger partial charge in [0.1, 0.15) is 28.7 Å². The molecule has 9 aromatic carbocycles. The van der Waals surface area contributed by atoms with Gasteiger partial charge in [-0.25, -0.2) is 19.5 Å². The van der Waals surface area contributed by atoms with E-state index in [-0.39, 0.29) is 35.5 Å². The second kappa shape index (κ2) is 26.5. The van der Waals surface area contributed by atoms with Crippen molar-refractivity contribution in [2.45, 2.75) is 83.7 Å². The fraction of sp³-hybridized carbons (Fsp3) is 0.219. The molecule has 6 amide bonds. The van der Waals surface area contributed by atoms with E-state index < -0.39 is 17.8 Å². The number of carbonyl (C=O) groups excluding carboxylic acids is 7. The van der Waals surface area contributed by atoms with Gasteiger partial charge in [0.25, 0.3) is 35.4 Å². The summed E-state index contributed by atoms with van der Waals surface area (Å²) in [5.74, 6) is -0.230. The Kier molecular flexibility index (Phi) is 17.8. The number of ether oxygens (including phenoxy) is 5. The SMILES string of the molecule is C=CC(=O)Oc1ccc2c3c(ccc(OC)c13)C(=O)N(c1ccccc1)C2=O.CCCCCCCCOc1ccc2c3c(ccc(OC)c13)C(=O)N(c1ccccc1)C2=O.O=C1c2cccc3c(OC4CCCCC4)ccc(c23)C(=O)N1c1ccccc1. The van der Waals surface area contributed by atoms with E-state index in [1.165, 1.54) is 67.9 Å². The predicted molar refractivity (Wildman–Crippen MR) is 340 cm³/mol. The van der Waals surface area contributed by atoms with Crippen molar-refractivity contribution >= 4 is 90.8 Å². The van der Waals surface area contributed by atoms with Gasteiger partial charge in [-0.3, -0.25) is 28.8 Å². The van der Waals surface area contributed by atoms with E-state index in [4.69, 9.17) is 23.7 Å². The molecule has 3 heterocycles. The molecule has 0 atom stereocenters. The van der Waals surface area contributed by atoms with Crippen LogP contribution in [0.3, 0.4) is 0 Å². The Labute approximate surface area is 509 Å². The minimum Gasteiger partial charge on any atom is -0.496 e. The smallest absolute Gasteiger partial charge is 0.335 e. The van der Waals surface area contributed by atoms with Crippen LogP contribution in [0.1, 0.15) is 140 Å². The number of methoxy groups -OCH3 is 2. The topological polar surface area (TPSA) is 175 Å². The van der Waals surface area contributed by atoms with E-state index in [2.05, 4.69) is 13.5 Å². The van der Waals surface area contributed by atoms with Crippen molar-refractivity contribution in [3.63, 3.8) is 0 Å². The highest BCUT2D eigenvalue weighted by molar-refractivity contribution is 6.38. The van der Waals surface area contributed by atoms with Gasteiger partial charge in [0.15, 0.2) is 0 Å². The van der Waals surface area contributed by atoms with E-state index in [0.717, 1.165) is 47.8 Å². The lowest BCUT2D eigenvalue weighted by Gasteiger charge is -2.29. The molecule has 1 saturated carbocycles. The van der Waals surface area contributed by atoms with Crippen molar-refractivity contribution in [3.8, 4) is 28.7 Å². The van der Waals surface area contributed by atoms with Gasteiger partial charge in [0.05, 0.1) is 54.8 Å². The second-order valence-corrected chi connectivity index (χ2v) is 21.7. The zero-order chi connectivity index (χ0) is 61.4. The third-order valence-corrected chi connectivity index (χ3v) is 16.2. The number of unbranched alkanes of at least 4 members (excludes halogenated alkanes) is 5. The van der Waals surface area contributed by atoms with Gasteiger partial charge in [-0.05, 0) is 135 Å². The minimum atomic E-state index is -0.651. The highest BCUT2D eigenvalue weighted by Crippen LogP contribution is 2.45. The molecule has 15 nitrogen and oxygen atoms in total. The van der Waals surface area contributed by atoms with E-state index in [9.17, 15) is 33.6 Å². The largest absolute Gasteiger partial charge is 0.496 e. The summed E-state index contributed by atoms with van der Waals surface area (Å²) < 4.78 is 28.7. The molecular weight excluding hydrogens is 1110 g/mol. The van der Waals surface area contributed by atoms with Crippen LogP contribution in [0.2, 0.25) is 0 Å². The molecule has 0 N–H and O–H groups in total. The number of carbonyl (C=O) groups is 7. The van der Waals surface area contributed by atoms with Crippen molar-refractivity contribution in [2.75, 3.05) is 35.5 Å². The molecule has 0 aromatic heterocycles. The Morgan fingerprint density at radius 3 is 1.28 bits per heavy atom. The van der Waals surface area contributed by atoms with Crippen molar-refractivity contribution in [3.05, 3.63) is 216 Å². The second-order valence-electron chi connectivity index (χ2n) is 21.7. The standard InChI is InChI=1S/C27H29NO4.C24H21NO3.C22H15NO5/c1-3-4-5-6-7-11-18-32-23-17-15-21-24-20(14-16-22(31-2)25(23)24)26(29)28(27(21)30)19-12-9-8-10-13-19;26-23-19-13-7-12-18-21(28-17-10-5-2-6-11-17)15-14-20(22(18)19)24(27)25(23)16-8-3-1-4-9-16;1-3-18(24)28-17-12-10-15-19-14(9-11-16(27-2)20(17)19)21(25)23(22(15)26)13-7-5-4-6-8-13/h8-10,12-17H,3-7,11,18H2,1-2H3;1,3-4,7-9,12-15,17H,2,5-6,10-11H2;3-12H,1H2,2H3. The molecule has 444 valence electrons. The van der Waals surface area contributed by atoms with Crippen molar-refractivity contribution < 1.29 is 57.2 Å². The summed E-state index contributed by atoms with van der Waals surface area (Å²) in [4.78, 5) is 94.7. The molecule has 4 aliphatic rings. The van der Waals surface area contributed by atoms with Gasteiger partial charge in [0, 0.05) is 61.0 Å². The molecule has 0 spiro atoms. The van der Waals surface area contributed by atoms with E-state index in [1.807, 2.05) is 66.7 Å². The van der Waals surface area contributed by atoms with Gasteiger partial charge in [-0.15, -0.1) is 0 Å². The average Bonchev–Trinajstić information content (AvgIpc) is 0.852. The molecule has 9 aromatic rings. The zero-order valence-corrected chi connectivity index (χ0v) is 49.3. The first kappa shape index (κ1) is 59.3. The zero-order valence-electron chi connectivity index (χ0n) is 49.3. The quantitative estimate of drug-likeness (QED) is 0.0278. The summed E-state index contributed by atoms with van der Waals surface area (Å²) in [5.41, 5.74) is 4.32. The molecular formula is C73H65N3O12. The lowest BCUT2D eigenvalue weighted by molar-refractivity contribution is -0.128. The number of hydrogen-bond acceptors (Lipinski definition) is 12. The molecule has 88 heavy (non-hydrogen) atoms. The van der Waals surface area contributed by atoms with Crippen LogP contribution < -0.4 is 38.4 Å². The molecule has 3 aliphatic heterocycles. The molecule has 1 aliphatic carbocycles. The van der Waals surface area contributed by atoms with Crippen LogP contribution in [0, 0.1) is 0 Å². The number of nitrogens with zero attached hydrogens (tertiary/aromatic N) is 3. The van der Waals surface area contributed by atoms with Crippen LogP contribution in [0.4, 0.5) is 17.1 Å². The van der Waals surface area contributed by atoms with E-state index in [0.29, 0.717) is 101 Å². The Morgan fingerprint density at radius 2 is 0.830 bits per heavy atom. The highest BCUT2D eigenvalue weighted by Gasteiger charge is 2.39. The Hall–Kier alpha value is -10.4. The van der Waals surface area contributed by atoms with Gasteiger partial charge in [-0.1, -0.05) is 119 Å². The van der Waals surface area contributed by atoms with Crippen molar-refractivity contribution in [1.82, 2.24) is 0 Å². The first-order valence-electron chi connectivity index (χ1n) is 29.8. The van der Waals surface area contributed by atoms with Gasteiger partial charge >= 0.3 is 5.97 Å². The molecule has 0 bridgehead atoms. The maximum absolute atomic E-state index is 13.3. The number of amides is 6. The summed E-state index contributed by atoms with van der Waals surface area (Å²) in [5, 5.41) is 3.63. The number of para-hydroxylation sites is 3. The summed E-state index contributed by atoms with van der Waals surface area (Å²) in [6.07, 6.45) is 14.1. The van der Waals surface area contributed by atoms with Crippen LogP contribution in [0.15, 0.2) is 183 Å². The predicted octanol–water partition coefficient (Wildman–Crippen LogP) is 15.5. The number of rotatable bonds is 17. The molecule has 1 fully saturated rings. The van der Waals surface area contributed by atoms with Crippen LogP contribution >= 0.6 is 0 Å². The van der Waals surface area contributed by atoms with Crippen molar-refractivity contribution in [1.29, 1.82) is 0 Å². The van der Waals surface area contributed by atoms with Crippen LogP contribution in [0.5, 0.6) is 28.7 Å². The van der Waals surface area contributed by atoms with Crippen LogP contribution in [0.25, 0.3) is 32.3 Å². The lowest BCUT2D eigenvalue weighted by Crippen LogP contribution is -2.40. The average molecular weight is 1180 g/mol. The number of hydrogen-bond donors (Lipinski definition) is 0. The number of anilines is 3. The summed E-state index contributed by atoms with van der Waals surface area (Å²) >= 11 is 0. The maximum Gasteiger partial charge on any atom is 0.335 e. The number of esters is 1. The number of benzene rings is 9. The molecule has 0 radical (unpaired) electrons. The maximum atomic E-state index is 13.3. The third kappa shape index (κ3) is 11.5. The Balaban J connectivity index is 0.000000137. The minimum absolute atomic E-state index is 0.191. The summed E-state index contributed by atoms with van der Waals surface area (Å²) in [6, 6.07) is 49.4. The summed E-state index contributed by atoms with van der Waals surface area (Å²) in [6.45, 7) is 6.19. The number of imide groups is 3. The Bertz CT molecular complexity index is 4130. The fourth-order valence-electron chi connectivity index (χ4n) is 12.0. The van der Waals surface area contributed by atoms with E-state index in [1.54, 1.807) is 104 Å². The van der Waals surface area contributed by atoms with Crippen molar-refractivity contribution in [2.24, 2.45) is 0 Å². The van der Waals surface area contributed by atoms with Gasteiger partial charge in [0.2, 0.25) is 0 Å². The summed E-state index contributed by atoms with van der Waals surface area (Å²) in [7, 11) is 3.05. The molecule has 15 heteroatoms. The van der Waals surface area contributed by atoms with Gasteiger partial charge in [-0.2, -0.15) is 0 Å². The van der Waals surface area contributed by atoms with Gasteiger partial charge < -0.3 is 23.7 Å². The molecule has 13 rings (SSSR count). The van der Waals surface area contributed by atoms with Crippen LogP contribution in [-0.2, 0) is 4.79 Å². The first-order chi connectivity index (χ1) is 43.0. The molecule has 0 saturated heterocycles. The Morgan fingerprint density at radius 1 is 0.432 bits per heavy atom. The third-order valence-electron chi connectivity index (χ3n) is 16.2. The monoisotopic (exact) mass is 1180 g/mol. The van der Waals surface area contributed by atoms with E-state index >= 15 is 0 Å². The normalized spacial score (nSPS) is 14.3. The van der Waals surface area contributed by atoms with Crippen LogP contribution in [-0.4, -0.2) is 68.3 Å². The highest BCUT2D eigenvalue weighted by atomic mass is 16.5.